The third-order valence-electron chi connectivity index (χ3n) is 3.05. The number of nitrogens with one attached hydrogen (secondary N) is 2. The zero-order valence-corrected chi connectivity index (χ0v) is 11.6. The van der Waals surface area contributed by atoms with Gasteiger partial charge >= 0.3 is 6.18 Å². The van der Waals surface area contributed by atoms with Crippen molar-refractivity contribution in [2.75, 3.05) is 5.32 Å². The molecule has 118 valence electrons. The fourth-order valence-electron chi connectivity index (χ4n) is 2.00. The van der Waals surface area contributed by atoms with Crippen molar-refractivity contribution in [1.29, 1.82) is 0 Å². The van der Waals surface area contributed by atoms with Crippen LogP contribution in [0.5, 0.6) is 5.75 Å². The fraction of sp³-hybridized carbons (Fsp3) is 0.0667. The first-order chi connectivity index (χ1) is 10.9. The largest absolute Gasteiger partial charge is 0.508 e. The number of phenols is 1. The van der Waals surface area contributed by atoms with Crippen LogP contribution in [0.3, 0.4) is 0 Å². The molecule has 0 unspecified atom stereocenters. The van der Waals surface area contributed by atoms with Gasteiger partial charge in [0.25, 0.3) is 0 Å². The minimum atomic E-state index is -4.41. The first kappa shape index (κ1) is 14.9. The summed E-state index contributed by atoms with van der Waals surface area (Å²) in [5.74, 6) is 0.587. The van der Waals surface area contributed by atoms with Crippen LogP contribution in [0, 0.1) is 0 Å². The molecule has 0 aliphatic heterocycles. The average Bonchev–Trinajstić information content (AvgIpc) is 2.95. The van der Waals surface area contributed by atoms with Gasteiger partial charge in [-0.25, -0.2) is 0 Å². The van der Waals surface area contributed by atoms with Gasteiger partial charge in [-0.15, -0.1) is 5.10 Å². The van der Waals surface area contributed by atoms with Gasteiger partial charge in [-0.05, 0) is 30.3 Å². The van der Waals surface area contributed by atoms with Crippen molar-refractivity contribution in [2.45, 2.75) is 6.18 Å². The minimum Gasteiger partial charge on any atom is -0.508 e. The molecule has 5 nitrogen and oxygen atoms in total. The zero-order chi connectivity index (χ0) is 16.4. The monoisotopic (exact) mass is 320 g/mol. The van der Waals surface area contributed by atoms with E-state index in [1.165, 1.54) is 24.3 Å². The van der Waals surface area contributed by atoms with E-state index in [9.17, 15) is 18.3 Å². The molecular formula is C15H11F3N4O. The first-order valence-corrected chi connectivity index (χ1v) is 6.58. The van der Waals surface area contributed by atoms with Crippen molar-refractivity contribution >= 4 is 11.6 Å². The van der Waals surface area contributed by atoms with Gasteiger partial charge in [0.15, 0.2) is 5.82 Å². The summed E-state index contributed by atoms with van der Waals surface area (Å²) in [6.45, 7) is 0. The summed E-state index contributed by atoms with van der Waals surface area (Å²) in [5.41, 5.74) is 0.0714. The number of rotatable bonds is 3. The average molecular weight is 320 g/mol. The Morgan fingerprint density at radius 3 is 2.57 bits per heavy atom. The lowest BCUT2D eigenvalue weighted by molar-refractivity contribution is -0.137. The second kappa shape index (κ2) is 5.64. The normalized spacial score (nSPS) is 11.4. The number of alkyl halides is 3. The number of aromatic hydroxyl groups is 1. The maximum atomic E-state index is 12.7. The van der Waals surface area contributed by atoms with Crippen LogP contribution in [0.15, 0.2) is 48.5 Å². The highest BCUT2D eigenvalue weighted by Gasteiger charge is 2.30. The third-order valence-corrected chi connectivity index (χ3v) is 3.05. The highest BCUT2D eigenvalue weighted by atomic mass is 19.4. The number of anilines is 2. The highest BCUT2D eigenvalue weighted by Crippen LogP contribution is 2.31. The Kier molecular flexibility index (Phi) is 3.65. The molecule has 0 amide bonds. The molecule has 0 spiro atoms. The van der Waals surface area contributed by atoms with Crippen molar-refractivity contribution < 1.29 is 18.3 Å². The second-order valence-corrected chi connectivity index (χ2v) is 4.76. The Balaban J connectivity index is 1.82. The number of aromatic nitrogens is 3. The Labute approximate surface area is 128 Å². The molecule has 8 heteroatoms. The van der Waals surface area contributed by atoms with Gasteiger partial charge < -0.3 is 10.4 Å². The van der Waals surface area contributed by atoms with E-state index >= 15 is 0 Å². The van der Waals surface area contributed by atoms with Crippen molar-refractivity contribution in [3.8, 4) is 17.1 Å². The summed E-state index contributed by atoms with van der Waals surface area (Å²) >= 11 is 0. The molecule has 0 saturated carbocycles. The standard InChI is InChI=1S/C15H11F3N4O/c16-15(17,18)10-4-2-5-11(8-10)19-14-20-13(21-22-14)9-3-1-6-12(23)7-9/h1-8,23H,(H2,19,20,21,22). The van der Waals surface area contributed by atoms with Gasteiger partial charge in [-0.1, -0.05) is 18.2 Å². The number of aromatic amines is 1. The van der Waals surface area contributed by atoms with Crippen LogP contribution < -0.4 is 5.32 Å². The molecule has 1 aromatic heterocycles. The number of benzene rings is 2. The zero-order valence-electron chi connectivity index (χ0n) is 11.6. The highest BCUT2D eigenvalue weighted by molar-refractivity contribution is 5.61. The fourth-order valence-corrected chi connectivity index (χ4v) is 2.00. The molecule has 3 aromatic rings. The molecule has 3 N–H and O–H groups in total. The Morgan fingerprint density at radius 2 is 1.83 bits per heavy atom. The van der Waals surface area contributed by atoms with E-state index in [4.69, 9.17) is 0 Å². The summed E-state index contributed by atoms with van der Waals surface area (Å²) in [7, 11) is 0. The van der Waals surface area contributed by atoms with E-state index in [0.717, 1.165) is 12.1 Å². The van der Waals surface area contributed by atoms with Crippen molar-refractivity contribution in [3.05, 3.63) is 54.1 Å². The number of nitrogens with zero attached hydrogens (tertiary/aromatic N) is 2. The maximum Gasteiger partial charge on any atom is 0.416 e. The van der Waals surface area contributed by atoms with E-state index in [-0.39, 0.29) is 17.4 Å². The van der Waals surface area contributed by atoms with E-state index in [2.05, 4.69) is 20.5 Å². The van der Waals surface area contributed by atoms with Crippen LogP contribution in [0.25, 0.3) is 11.4 Å². The SMILES string of the molecule is Oc1cccc(-c2nc(Nc3cccc(C(F)(F)F)c3)n[nH]2)c1. The van der Waals surface area contributed by atoms with Gasteiger partial charge in [0.2, 0.25) is 5.95 Å². The number of hydrogen-bond donors (Lipinski definition) is 3. The summed E-state index contributed by atoms with van der Waals surface area (Å²) < 4.78 is 38.0. The van der Waals surface area contributed by atoms with Gasteiger partial charge in [-0.3, -0.25) is 5.10 Å². The molecule has 0 atom stereocenters. The van der Waals surface area contributed by atoms with E-state index < -0.39 is 11.7 Å². The molecule has 2 aromatic carbocycles. The molecule has 0 bridgehead atoms. The van der Waals surface area contributed by atoms with Crippen LogP contribution in [0.4, 0.5) is 24.8 Å². The summed E-state index contributed by atoms with van der Waals surface area (Å²) in [6.07, 6.45) is -4.41. The molecule has 0 aliphatic carbocycles. The van der Waals surface area contributed by atoms with Crippen LogP contribution in [-0.2, 0) is 6.18 Å². The number of H-pyrrole nitrogens is 1. The maximum absolute atomic E-state index is 12.7. The molecular weight excluding hydrogens is 309 g/mol. The Hall–Kier alpha value is -3.03. The lowest BCUT2D eigenvalue weighted by atomic mass is 10.2. The number of hydrogen-bond acceptors (Lipinski definition) is 4. The predicted molar refractivity (Wildman–Crippen MR) is 78.2 cm³/mol. The topological polar surface area (TPSA) is 73.8 Å². The van der Waals surface area contributed by atoms with Crippen molar-refractivity contribution in [3.63, 3.8) is 0 Å². The van der Waals surface area contributed by atoms with Crippen LogP contribution >= 0.6 is 0 Å². The summed E-state index contributed by atoms with van der Waals surface area (Å²) in [4.78, 5) is 4.14. The van der Waals surface area contributed by atoms with E-state index in [1.807, 2.05) is 0 Å². The van der Waals surface area contributed by atoms with Gasteiger partial charge in [0.1, 0.15) is 5.75 Å². The quantitative estimate of drug-likeness (QED) is 0.683. The Bertz CT molecular complexity index is 829. The number of halogens is 3. The molecule has 0 fully saturated rings. The summed E-state index contributed by atoms with van der Waals surface area (Å²) in [6, 6.07) is 11.1. The van der Waals surface area contributed by atoms with E-state index in [1.54, 1.807) is 12.1 Å². The molecule has 3 rings (SSSR count). The molecule has 23 heavy (non-hydrogen) atoms. The lowest BCUT2D eigenvalue weighted by Gasteiger charge is -2.08. The minimum absolute atomic E-state index is 0.0753. The lowest BCUT2D eigenvalue weighted by Crippen LogP contribution is -2.05. The van der Waals surface area contributed by atoms with Crippen LogP contribution in [0.1, 0.15) is 5.56 Å². The van der Waals surface area contributed by atoms with Crippen molar-refractivity contribution in [2.24, 2.45) is 0 Å². The Morgan fingerprint density at radius 1 is 1.04 bits per heavy atom. The second-order valence-electron chi connectivity index (χ2n) is 4.76. The smallest absolute Gasteiger partial charge is 0.416 e. The number of phenolic OH excluding ortho intramolecular Hbond substituents is 1. The molecule has 0 saturated heterocycles. The molecule has 0 aliphatic rings. The molecule has 1 heterocycles. The van der Waals surface area contributed by atoms with Crippen LogP contribution in [0.2, 0.25) is 0 Å². The van der Waals surface area contributed by atoms with Gasteiger partial charge in [0, 0.05) is 11.3 Å². The van der Waals surface area contributed by atoms with Gasteiger partial charge in [-0.2, -0.15) is 18.2 Å². The van der Waals surface area contributed by atoms with Crippen molar-refractivity contribution in [1.82, 2.24) is 15.2 Å². The third kappa shape index (κ3) is 3.42. The van der Waals surface area contributed by atoms with E-state index in [0.29, 0.717) is 11.4 Å². The van der Waals surface area contributed by atoms with Crippen LogP contribution in [-0.4, -0.2) is 20.3 Å². The summed E-state index contributed by atoms with van der Waals surface area (Å²) in [5, 5.41) is 18.7. The van der Waals surface area contributed by atoms with Gasteiger partial charge in [0.05, 0.1) is 5.56 Å². The first-order valence-electron chi connectivity index (χ1n) is 6.58. The molecule has 0 radical (unpaired) electrons. The predicted octanol–water partition coefficient (Wildman–Crippen LogP) is 3.94.